The van der Waals surface area contributed by atoms with Gasteiger partial charge in [0.2, 0.25) is 0 Å². The Labute approximate surface area is 112 Å². The van der Waals surface area contributed by atoms with Crippen molar-refractivity contribution in [1.82, 2.24) is 0 Å². The SMILES string of the molecule is O=C(Nc1ccc(F)cc1Cl)c1cc(F)ccc1O. The minimum atomic E-state index is -0.745. The first kappa shape index (κ1) is 13.3. The molecule has 0 aliphatic carbocycles. The standard InChI is InChI=1S/C13H8ClF2NO2/c14-10-6-8(16)1-3-11(10)17-13(19)9-5-7(15)2-4-12(9)18/h1-6,18H,(H,17,19). The van der Waals surface area contributed by atoms with Crippen molar-refractivity contribution in [2.45, 2.75) is 0 Å². The van der Waals surface area contributed by atoms with Crippen molar-refractivity contribution < 1.29 is 18.7 Å². The van der Waals surface area contributed by atoms with Gasteiger partial charge in [0.25, 0.3) is 5.91 Å². The third-order valence-corrected chi connectivity index (χ3v) is 2.70. The fourth-order valence-corrected chi connectivity index (χ4v) is 1.69. The van der Waals surface area contributed by atoms with E-state index in [9.17, 15) is 18.7 Å². The van der Waals surface area contributed by atoms with Gasteiger partial charge in [-0.1, -0.05) is 11.6 Å². The van der Waals surface area contributed by atoms with Gasteiger partial charge >= 0.3 is 0 Å². The van der Waals surface area contributed by atoms with Crippen LogP contribution in [0.4, 0.5) is 14.5 Å². The van der Waals surface area contributed by atoms with Crippen LogP contribution in [0.1, 0.15) is 10.4 Å². The van der Waals surface area contributed by atoms with Crippen LogP contribution in [-0.4, -0.2) is 11.0 Å². The van der Waals surface area contributed by atoms with Gasteiger partial charge in [-0.15, -0.1) is 0 Å². The van der Waals surface area contributed by atoms with Crippen LogP contribution in [0.5, 0.6) is 5.75 Å². The van der Waals surface area contributed by atoms with Crippen molar-refractivity contribution in [3.8, 4) is 5.75 Å². The number of hydrogen-bond acceptors (Lipinski definition) is 2. The lowest BCUT2D eigenvalue weighted by Crippen LogP contribution is -2.12. The summed E-state index contributed by atoms with van der Waals surface area (Å²) in [6.07, 6.45) is 0. The van der Waals surface area contributed by atoms with E-state index < -0.39 is 17.5 Å². The van der Waals surface area contributed by atoms with Gasteiger partial charge in [0.15, 0.2) is 0 Å². The molecule has 0 atom stereocenters. The highest BCUT2D eigenvalue weighted by Crippen LogP contribution is 2.25. The molecule has 0 aliphatic heterocycles. The number of hydrogen-bond donors (Lipinski definition) is 2. The Morgan fingerprint density at radius 1 is 1.11 bits per heavy atom. The molecular weight excluding hydrogens is 276 g/mol. The van der Waals surface area contributed by atoms with Crippen LogP contribution in [-0.2, 0) is 0 Å². The fraction of sp³-hybridized carbons (Fsp3) is 0. The Hall–Kier alpha value is -2.14. The van der Waals surface area contributed by atoms with Crippen molar-refractivity contribution in [3.63, 3.8) is 0 Å². The van der Waals surface area contributed by atoms with Crippen LogP contribution in [0.25, 0.3) is 0 Å². The van der Waals surface area contributed by atoms with Crippen molar-refractivity contribution >= 4 is 23.2 Å². The van der Waals surface area contributed by atoms with Gasteiger partial charge in [-0.25, -0.2) is 8.78 Å². The van der Waals surface area contributed by atoms with Gasteiger partial charge in [0.05, 0.1) is 16.3 Å². The topological polar surface area (TPSA) is 49.3 Å². The second-order valence-corrected chi connectivity index (χ2v) is 4.15. The number of carbonyl (C=O) groups is 1. The van der Waals surface area contributed by atoms with E-state index in [1.54, 1.807) is 0 Å². The molecule has 2 N–H and O–H groups in total. The first-order chi connectivity index (χ1) is 8.97. The van der Waals surface area contributed by atoms with Crippen molar-refractivity contribution in [3.05, 3.63) is 58.6 Å². The van der Waals surface area contributed by atoms with Crippen LogP contribution in [0.3, 0.4) is 0 Å². The average Bonchev–Trinajstić information content (AvgIpc) is 2.35. The maximum Gasteiger partial charge on any atom is 0.259 e. The van der Waals surface area contributed by atoms with Gasteiger partial charge in [-0.2, -0.15) is 0 Å². The molecule has 2 aromatic rings. The van der Waals surface area contributed by atoms with E-state index in [2.05, 4.69) is 5.32 Å². The summed E-state index contributed by atoms with van der Waals surface area (Å²) in [7, 11) is 0. The normalized spacial score (nSPS) is 10.3. The molecule has 0 heterocycles. The Balaban J connectivity index is 2.28. The molecular formula is C13H8ClF2NO2. The number of benzene rings is 2. The quantitative estimate of drug-likeness (QED) is 0.885. The Kier molecular flexibility index (Phi) is 3.66. The number of phenols is 1. The minimum Gasteiger partial charge on any atom is -0.507 e. The zero-order chi connectivity index (χ0) is 14.0. The fourth-order valence-electron chi connectivity index (χ4n) is 1.47. The van der Waals surface area contributed by atoms with E-state index in [0.29, 0.717) is 0 Å². The summed E-state index contributed by atoms with van der Waals surface area (Å²) < 4.78 is 25.8. The van der Waals surface area contributed by atoms with Gasteiger partial charge < -0.3 is 10.4 Å². The first-order valence-corrected chi connectivity index (χ1v) is 5.60. The zero-order valence-electron chi connectivity index (χ0n) is 9.45. The van der Waals surface area contributed by atoms with E-state index in [4.69, 9.17) is 11.6 Å². The summed E-state index contributed by atoms with van der Waals surface area (Å²) in [6, 6.07) is 6.40. The largest absolute Gasteiger partial charge is 0.507 e. The molecule has 6 heteroatoms. The number of nitrogens with one attached hydrogen (secondary N) is 1. The van der Waals surface area contributed by atoms with Crippen LogP contribution < -0.4 is 5.32 Å². The van der Waals surface area contributed by atoms with E-state index in [1.165, 1.54) is 6.07 Å². The zero-order valence-corrected chi connectivity index (χ0v) is 10.2. The molecule has 19 heavy (non-hydrogen) atoms. The lowest BCUT2D eigenvalue weighted by Gasteiger charge is -2.08. The van der Waals surface area contributed by atoms with E-state index in [-0.39, 0.29) is 22.0 Å². The monoisotopic (exact) mass is 283 g/mol. The Morgan fingerprint density at radius 2 is 1.74 bits per heavy atom. The number of aromatic hydroxyl groups is 1. The maximum absolute atomic E-state index is 13.0. The molecule has 0 fully saturated rings. The molecule has 0 spiro atoms. The van der Waals surface area contributed by atoms with Gasteiger partial charge in [0, 0.05) is 0 Å². The molecule has 0 bridgehead atoms. The molecule has 0 aliphatic rings. The third-order valence-electron chi connectivity index (χ3n) is 2.38. The summed E-state index contributed by atoms with van der Waals surface area (Å²) in [5.74, 6) is -2.31. The number of anilines is 1. The van der Waals surface area contributed by atoms with Gasteiger partial charge in [-0.3, -0.25) is 4.79 Å². The molecule has 2 rings (SSSR count). The molecule has 1 amide bonds. The number of amides is 1. The maximum atomic E-state index is 13.0. The molecule has 0 saturated carbocycles. The summed E-state index contributed by atoms with van der Waals surface area (Å²) in [6.45, 7) is 0. The summed E-state index contributed by atoms with van der Waals surface area (Å²) in [5.41, 5.74) is -0.0721. The number of halogens is 3. The van der Waals surface area contributed by atoms with Gasteiger partial charge in [-0.05, 0) is 36.4 Å². The Bertz CT molecular complexity index is 647. The lowest BCUT2D eigenvalue weighted by atomic mass is 10.1. The molecule has 2 aromatic carbocycles. The first-order valence-electron chi connectivity index (χ1n) is 5.22. The highest BCUT2D eigenvalue weighted by Gasteiger charge is 2.14. The van der Waals surface area contributed by atoms with Crippen molar-refractivity contribution in [1.29, 1.82) is 0 Å². The summed E-state index contributed by atoms with van der Waals surface area (Å²) in [4.78, 5) is 11.8. The van der Waals surface area contributed by atoms with E-state index in [0.717, 1.165) is 30.3 Å². The molecule has 0 saturated heterocycles. The average molecular weight is 284 g/mol. The van der Waals surface area contributed by atoms with Crippen LogP contribution in [0.2, 0.25) is 5.02 Å². The van der Waals surface area contributed by atoms with Gasteiger partial charge in [0.1, 0.15) is 17.4 Å². The Morgan fingerprint density at radius 3 is 2.42 bits per heavy atom. The van der Waals surface area contributed by atoms with Crippen molar-refractivity contribution in [2.24, 2.45) is 0 Å². The molecule has 0 radical (unpaired) electrons. The second kappa shape index (κ2) is 5.24. The van der Waals surface area contributed by atoms with Crippen LogP contribution in [0.15, 0.2) is 36.4 Å². The number of carbonyl (C=O) groups excluding carboxylic acids is 1. The van der Waals surface area contributed by atoms with E-state index in [1.807, 2.05) is 0 Å². The summed E-state index contributed by atoms with van der Waals surface area (Å²) in [5, 5.41) is 11.8. The highest BCUT2D eigenvalue weighted by atomic mass is 35.5. The number of rotatable bonds is 2. The molecule has 98 valence electrons. The predicted octanol–water partition coefficient (Wildman–Crippen LogP) is 3.58. The number of phenolic OH excluding ortho intramolecular Hbond substituents is 1. The van der Waals surface area contributed by atoms with Crippen LogP contribution >= 0.6 is 11.6 Å². The molecule has 0 aromatic heterocycles. The van der Waals surface area contributed by atoms with Crippen LogP contribution in [0, 0.1) is 11.6 Å². The predicted molar refractivity (Wildman–Crippen MR) is 67.4 cm³/mol. The lowest BCUT2D eigenvalue weighted by molar-refractivity contribution is 0.102. The minimum absolute atomic E-state index is 0.00393. The van der Waals surface area contributed by atoms with E-state index >= 15 is 0 Å². The second-order valence-electron chi connectivity index (χ2n) is 3.74. The third kappa shape index (κ3) is 3.00. The molecule has 0 unspecified atom stereocenters. The smallest absolute Gasteiger partial charge is 0.259 e. The summed E-state index contributed by atoms with van der Waals surface area (Å²) >= 11 is 5.74. The van der Waals surface area contributed by atoms with Crippen molar-refractivity contribution in [2.75, 3.05) is 5.32 Å². The highest BCUT2D eigenvalue weighted by molar-refractivity contribution is 6.34. The molecule has 3 nitrogen and oxygen atoms in total.